The van der Waals surface area contributed by atoms with Gasteiger partial charge in [0.1, 0.15) is 5.92 Å². The quantitative estimate of drug-likeness (QED) is 0.815. The minimum Gasteiger partial charge on any atom is -0.481 e. The first kappa shape index (κ1) is 14.6. The van der Waals surface area contributed by atoms with Crippen molar-refractivity contribution in [2.24, 2.45) is 5.92 Å². The molecule has 0 saturated carbocycles. The molecule has 1 saturated heterocycles. The summed E-state index contributed by atoms with van der Waals surface area (Å²) in [5.41, 5.74) is 6.35. The number of nitrogens with two attached hydrogens (primary N) is 1. The number of carboxylic acid groups (broad SMARTS) is 1. The number of amides is 1. The van der Waals surface area contributed by atoms with Crippen LogP contribution >= 0.6 is 11.6 Å². The number of ether oxygens (including phenoxy) is 1. The third kappa shape index (κ3) is 2.71. The smallest absolute Gasteiger partial charge is 0.311 e. The maximum absolute atomic E-state index is 12.3. The van der Waals surface area contributed by atoms with Gasteiger partial charge in [-0.25, -0.2) is 0 Å². The van der Waals surface area contributed by atoms with Crippen LogP contribution in [0.5, 0.6) is 0 Å². The van der Waals surface area contributed by atoms with E-state index < -0.39 is 17.9 Å². The standard InChI is InChI=1S/C13H15ClN2O4/c1-16(11-6-20-5-8(11)13(18)19)12(17)7-2-3-10(15)9(14)4-7/h2-4,8,11H,5-6,15H2,1H3,(H,18,19). The molecule has 2 rings (SSSR count). The minimum absolute atomic E-state index is 0.111. The zero-order chi connectivity index (χ0) is 14.9. The molecule has 0 spiro atoms. The van der Waals surface area contributed by atoms with Crippen LogP contribution in [0.4, 0.5) is 5.69 Å². The van der Waals surface area contributed by atoms with Crippen LogP contribution in [0.3, 0.4) is 0 Å². The van der Waals surface area contributed by atoms with E-state index in [0.29, 0.717) is 16.3 Å². The van der Waals surface area contributed by atoms with Crippen molar-refractivity contribution < 1.29 is 19.4 Å². The molecule has 20 heavy (non-hydrogen) atoms. The van der Waals surface area contributed by atoms with Crippen molar-refractivity contribution in [2.75, 3.05) is 26.0 Å². The van der Waals surface area contributed by atoms with Gasteiger partial charge in [-0.3, -0.25) is 9.59 Å². The van der Waals surface area contributed by atoms with Gasteiger partial charge in [-0.2, -0.15) is 0 Å². The largest absolute Gasteiger partial charge is 0.481 e. The molecule has 1 aromatic rings. The number of nitrogen functional groups attached to an aromatic ring is 1. The molecule has 2 unspecified atom stereocenters. The van der Waals surface area contributed by atoms with Gasteiger partial charge in [-0.15, -0.1) is 0 Å². The molecule has 1 aliphatic rings. The number of anilines is 1. The van der Waals surface area contributed by atoms with Crippen LogP contribution < -0.4 is 5.73 Å². The van der Waals surface area contributed by atoms with Gasteiger partial charge in [-0.05, 0) is 18.2 Å². The van der Waals surface area contributed by atoms with Gasteiger partial charge < -0.3 is 20.5 Å². The van der Waals surface area contributed by atoms with Gasteiger partial charge in [0.05, 0.1) is 30.0 Å². The lowest BCUT2D eigenvalue weighted by Gasteiger charge is -2.26. The van der Waals surface area contributed by atoms with E-state index in [4.69, 9.17) is 27.2 Å². The first-order valence-corrected chi connectivity index (χ1v) is 6.42. The second kappa shape index (κ2) is 5.68. The van der Waals surface area contributed by atoms with Gasteiger partial charge in [0.25, 0.3) is 5.91 Å². The molecule has 1 aromatic carbocycles. The van der Waals surface area contributed by atoms with Crippen LogP contribution in [-0.2, 0) is 9.53 Å². The highest BCUT2D eigenvalue weighted by atomic mass is 35.5. The second-order valence-corrected chi connectivity index (χ2v) is 5.11. The highest BCUT2D eigenvalue weighted by Crippen LogP contribution is 2.24. The first-order chi connectivity index (χ1) is 9.41. The number of carbonyl (C=O) groups is 2. The Morgan fingerprint density at radius 2 is 2.15 bits per heavy atom. The molecular weight excluding hydrogens is 284 g/mol. The molecule has 1 aliphatic heterocycles. The Morgan fingerprint density at radius 3 is 2.75 bits per heavy atom. The van der Waals surface area contributed by atoms with Crippen molar-refractivity contribution in [3.63, 3.8) is 0 Å². The van der Waals surface area contributed by atoms with E-state index in [1.807, 2.05) is 0 Å². The van der Waals surface area contributed by atoms with Crippen molar-refractivity contribution >= 4 is 29.2 Å². The molecule has 0 radical (unpaired) electrons. The fourth-order valence-corrected chi connectivity index (χ4v) is 2.36. The Balaban J connectivity index is 2.19. The summed E-state index contributed by atoms with van der Waals surface area (Å²) in [5.74, 6) is -2.00. The fraction of sp³-hybridized carbons (Fsp3) is 0.385. The average molecular weight is 299 g/mol. The van der Waals surface area contributed by atoms with Gasteiger partial charge in [-0.1, -0.05) is 11.6 Å². The molecule has 1 amide bonds. The van der Waals surface area contributed by atoms with E-state index in [2.05, 4.69) is 0 Å². The second-order valence-electron chi connectivity index (χ2n) is 4.70. The van der Waals surface area contributed by atoms with Crippen LogP contribution in [0.1, 0.15) is 10.4 Å². The number of rotatable bonds is 3. The van der Waals surface area contributed by atoms with Crippen LogP contribution in [0.25, 0.3) is 0 Å². The zero-order valence-corrected chi connectivity index (χ0v) is 11.6. The SMILES string of the molecule is CN(C(=O)c1ccc(N)c(Cl)c1)C1COCC1C(=O)O. The Labute approximate surface area is 121 Å². The summed E-state index contributed by atoms with van der Waals surface area (Å²) in [6.07, 6.45) is 0. The summed E-state index contributed by atoms with van der Waals surface area (Å²) < 4.78 is 5.16. The van der Waals surface area contributed by atoms with Crippen molar-refractivity contribution in [1.29, 1.82) is 0 Å². The molecule has 2 atom stereocenters. The number of carbonyl (C=O) groups excluding carboxylic acids is 1. The molecule has 1 heterocycles. The molecule has 0 aromatic heterocycles. The van der Waals surface area contributed by atoms with Crippen molar-refractivity contribution in [3.8, 4) is 0 Å². The van der Waals surface area contributed by atoms with E-state index in [-0.39, 0.29) is 19.1 Å². The lowest BCUT2D eigenvalue weighted by molar-refractivity contribution is -0.142. The zero-order valence-electron chi connectivity index (χ0n) is 10.9. The Bertz CT molecular complexity index is 549. The average Bonchev–Trinajstić information content (AvgIpc) is 2.89. The van der Waals surface area contributed by atoms with Gasteiger partial charge in [0.2, 0.25) is 0 Å². The monoisotopic (exact) mass is 298 g/mol. The van der Waals surface area contributed by atoms with Crippen LogP contribution in [0, 0.1) is 5.92 Å². The summed E-state index contributed by atoms with van der Waals surface area (Å²) in [5, 5.41) is 9.40. The predicted octanol–water partition coefficient (Wildman–Crippen LogP) is 1.09. The van der Waals surface area contributed by atoms with E-state index >= 15 is 0 Å². The summed E-state index contributed by atoms with van der Waals surface area (Å²) in [4.78, 5) is 24.8. The molecule has 6 nitrogen and oxygen atoms in total. The topological polar surface area (TPSA) is 92.9 Å². The molecule has 3 N–H and O–H groups in total. The molecular formula is C13H15ClN2O4. The summed E-state index contributed by atoms with van der Waals surface area (Å²) >= 11 is 5.89. The summed E-state index contributed by atoms with van der Waals surface area (Å²) in [7, 11) is 1.56. The number of halogens is 1. The maximum atomic E-state index is 12.3. The number of hydrogen-bond acceptors (Lipinski definition) is 4. The normalized spacial score (nSPS) is 21.7. The van der Waals surface area contributed by atoms with E-state index in [1.165, 1.54) is 11.0 Å². The van der Waals surface area contributed by atoms with Gasteiger partial charge in [0.15, 0.2) is 0 Å². The van der Waals surface area contributed by atoms with Crippen molar-refractivity contribution in [1.82, 2.24) is 4.90 Å². The Kier molecular flexibility index (Phi) is 4.15. The molecule has 7 heteroatoms. The third-order valence-corrected chi connectivity index (χ3v) is 3.76. The lowest BCUT2D eigenvalue weighted by Crippen LogP contribution is -2.44. The number of carboxylic acids is 1. The molecule has 1 fully saturated rings. The van der Waals surface area contributed by atoms with Crippen LogP contribution in [0.2, 0.25) is 5.02 Å². The molecule has 108 valence electrons. The lowest BCUT2D eigenvalue weighted by atomic mass is 10.0. The Hall–Kier alpha value is -1.79. The number of nitrogens with zero attached hydrogens (tertiary/aromatic N) is 1. The number of aliphatic carboxylic acids is 1. The van der Waals surface area contributed by atoms with Crippen molar-refractivity contribution in [3.05, 3.63) is 28.8 Å². The highest BCUT2D eigenvalue weighted by Gasteiger charge is 2.38. The number of benzene rings is 1. The highest BCUT2D eigenvalue weighted by molar-refractivity contribution is 6.33. The summed E-state index contributed by atoms with van der Waals surface area (Å²) in [6, 6.07) is 4.09. The van der Waals surface area contributed by atoms with E-state index in [9.17, 15) is 9.59 Å². The maximum Gasteiger partial charge on any atom is 0.311 e. The summed E-state index contributed by atoms with van der Waals surface area (Å²) in [6.45, 7) is 0.321. The van der Waals surface area contributed by atoms with Gasteiger partial charge >= 0.3 is 5.97 Å². The number of likely N-dealkylation sites (N-methyl/N-ethyl adjacent to an activating group) is 1. The van der Waals surface area contributed by atoms with Crippen LogP contribution in [0.15, 0.2) is 18.2 Å². The third-order valence-electron chi connectivity index (χ3n) is 3.43. The Morgan fingerprint density at radius 1 is 1.45 bits per heavy atom. The predicted molar refractivity (Wildman–Crippen MR) is 73.7 cm³/mol. The number of hydrogen-bond donors (Lipinski definition) is 2. The van der Waals surface area contributed by atoms with E-state index in [1.54, 1.807) is 19.2 Å². The first-order valence-electron chi connectivity index (χ1n) is 6.04. The van der Waals surface area contributed by atoms with E-state index in [0.717, 1.165) is 0 Å². The van der Waals surface area contributed by atoms with Crippen LogP contribution in [-0.4, -0.2) is 48.2 Å². The van der Waals surface area contributed by atoms with Crippen molar-refractivity contribution in [2.45, 2.75) is 6.04 Å². The molecule has 0 aliphatic carbocycles. The molecule has 0 bridgehead atoms. The fourth-order valence-electron chi connectivity index (χ4n) is 2.17. The van der Waals surface area contributed by atoms with Gasteiger partial charge in [0, 0.05) is 12.6 Å². The minimum atomic E-state index is -0.970.